The first-order valence-corrected chi connectivity index (χ1v) is 5.69. The van der Waals surface area contributed by atoms with Crippen molar-refractivity contribution in [1.82, 2.24) is 9.78 Å². The van der Waals surface area contributed by atoms with Gasteiger partial charge in [-0.2, -0.15) is 5.10 Å². The van der Waals surface area contributed by atoms with E-state index in [0.29, 0.717) is 5.92 Å². The molecule has 1 unspecified atom stereocenters. The molecule has 1 rings (SSSR count). The van der Waals surface area contributed by atoms with E-state index in [1.807, 2.05) is 11.6 Å². The second kappa shape index (κ2) is 4.35. The van der Waals surface area contributed by atoms with E-state index in [2.05, 4.69) is 38.9 Å². The largest absolute Gasteiger partial charge is 0.325 e. The smallest absolute Gasteiger partial charge is 0.0596 e. The standard InChI is InChI=1S/C12H23N3/c1-6-15-11(7-10(4)14-15)8-12(5,13)9(2)3/h7,9H,6,8,13H2,1-5H3. The number of hydrogen-bond acceptors (Lipinski definition) is 2. The summed E-state index contributed by atoms with van der Waals surface area (Å²) in [6.45, 7) is 11.5. The maximum absolute atomic E-state index is 6.28. The Labute approximate surface area is 92.7 Å². The van der Waals surface area contributed by atoms with Crippen molar-refractivity contribution in [3.05, 3.63) is 17.5 Å². The van der Waals surface area contributed by atoms with Crippen molar-refractivity contribution in [3.8, 4) is 0 Å². The minimum absolute atomic E-state index is 0.153. The molecule has 0 aliphatic carbocycles. The first-order chi connectivity index (χ1) is 6.86. The lowest BCUT2D eigenvalue weighted by atomic mass is 9.85. The molecule has 1 atom stereocenters. The van der Waals surface area contributed by atoms with E-state index >= 15 is 0 Å². The molecule has 3 heteroatoms. The van der Waals surface area contributed by atoms with Crippen LogP contribution in [0.4, 0.5) is 0 Å². The van der Waals surface area contributed by atoms with Crippen LogP contribution in [0, 0.1) is 12.8 Å². The number of hydrogen-bond donors (Lipinski definition) is 1. The summed E-state index contributed by atoms with van der Waals surface area (Å²) in [6.07, 6.45) is 0.888. The normalized spacial score (nSPS) is 15.7. The Kier molecular flexibility index (Phi) is 3.55. The molecule has 2 N–H and O–H groups in total. The molecule has 15 heavy (non-hydrogen) atoms. The molecular weight excluding hydrogens is 186 g/mol. The molecule has 0 aliphatic rings. The third kappa shape index (κ3) is 2.81. The van der Waals surface area contributed by atoms with Crippen molar-refractivity contribution in [3.63, 3.8) is 0 Å². The van der Waals surface area contributed by atoms with Gasteiger partial charge in [0.05, 0.1) is 5.69 Å². The van der Waals surface area contributed by atoms with Crippen molar-refractivity contribution < 1.29 is 0 Å². The first-order valence-electron chi connectivity index (χ1n) is 5.69. The van der Waals surface area contributed by atoms with Crippen molar-refractivity contribution in [1.29, 1.82) is 0 Å². The maximum Gasteiger partial charge on any atom is 0.0596 e. The van der Waals surface area contributed by atoms with Crippen LogP contribution in [0.3, 0.4) is 0 Å². The van der Waals surface area contributed by atoms with E-state index in [1.165, 1.54) is 5.69 Å². The van der Waals surface area contributed by atoms with E-state index in [-0.39, 0.29) is 5.54 Å². The topological polar surface area (TPSA) is 43.8 Å². The maximum atomic E-state index is 6.28. The van der Waals surface area contributed by atoms with Gasteiger partial charge in [-0.25, -0.2) is 0 Å². The Balaban J connectivity index is 2.88. The van der Waals surface area contributed by atoms with Crippen LogP contribution in [-0.4, -0.2) is 15.3 Å². The lowest BCUT2D eigenvalue weighted by molar-refractivity contribution is 0.329. The van der Waals surface area contributed by atoms with Gasteiger partial charge in [-0.3, -0.25) is 4.68 Å². The zero-order valence-corrected chi connectivity index (χ0v) is 10.5. The number of nitrogens with zero attached hydrogens (tertiary/aromatic N) is 2. The number of aromatic nitrogens is 2. The van der Waals surface area contributed by atoms with Gasteiger partial charge in [0.25, 0.3) is 0 Å². The highest BCUT2D eigenvalue weighted by Crippen LogP contribution is 2.19. The average Bonchev–Trinajstić information content (AvgIpc) is 2.44. The molecule has 0 radical (unpaired) electrons. The lowest BCUT2D eigenvalue weighted by Gasteiger charge is -2.29. The molecule has 1 aromatic rings. The SMILES string of the molecule is CCn1nc(C)cc1CC(C)(N)C(C)C. The Morgan fingerprint density at radius 3 is 2.60 bits per heavy atom. The van der Waals surface area contributed by atoms with E-state index in [4.69, 9.17) is 5.73 Å². The summed E-state index contributed by atoms with van der Waals surface area (Å²) in [5.74, 6) is 0.470. The molecule has 1 heterocycles. The summed E-state index contributed by atoms with van der Waals surface area (Å²) < 4.78 is 2.04. The van der Waals surface area contributed by atoms with Crippen LogP contribution in [0.5, 0.6) is 0 Å². The molecule has 0 saturated heterocycles. The van der Waals surface area contributed by atoms with Crippen LogP contribution in [-0.2, 0) is 13.0 Å². The van der Waals surface area contributed by atoms with E-state index < -0.39 is 0 Å². The summed E-state index contributed by atoms with van der Waals surface area (Å²) >= 11 is 0. The molecule has 86 valence electrons. The molecule has 0 saturated carbocycles. The van der Waals surface area contributed by atoms with Gasteiger partial charge in [0.15, 0.2) is 0 Å². The molecule has 0 amide bonds. The van der Waals surface area contributed by atoms with E-state index in [1.54, 1.807) is 0 Å². The number of nitrogens with two attached hydrogens (primary N) is 1. The fraction of sp³-hybridized carbons (Fsp3) is 0.750. The second-order valence-corrected chi connectivity index (χ2v) is 4.93. The molecule has 0 fully saturated rings. The Hall–Kier alpha value is -0.830. The van der Waals surface area contributed by atoms with Gasteiger partial charge >= 0.3 is 0 Å². The van der Waals surface area contributed by atoms with Crippen molar-refractivity contribution >= 4 is 0 Å². The monoisotopic (exact) mass is 209 g/mol. The fourth-order valence-electron chi connectivity index (χ4n) is 1.61. The van der Waals surface area contributed by atoms with E-state index in [0.717, 1.165) is 18.7 Å². The molecule has 0 bridgehead atoms. The molecule has 1 aromatic heterocycles. The lowest BCUT2D eigenvalue weighted by Crippen LogP contribution is -2.44. The van der Waals surface area contributed by atoms with Gasteiger partial charge in [0.2, 0.25) is 0 Å². The van der Waals surface area contributed by atoms with Crippen LogP contribution in [0.1, 0.15) is 39.1 Å². The molecule has 0 aliphatic heterocycles. The van der Waals surface area contributed by atoms with Crippen LogP contribution in [0.15, 0.2) is 6.07 Å². The Morgan fingerprint density at radius 2 is 2.13 bits per heavy atom. The molecule has 0 spiro atoms. The summed E-state index contributed by atoms with van der Waals surface area (Å²) in [6, 6.07) is 2.14. The quantitative estimate of drug-likeness (QED) is 0.825. The number of rotatable bonds is 4. The fourth-order valence-corrected chi connectivity index (χ4v) is 1.61. The van der Waals surface area contributed by atoms with Gasteiger partial charge in [-0.1, -0.05) is 13.8 Å². The van der Waals surface area contributed by atoms with Gasteiger partial charge in [-0.05, 0) is 32.8 Å². The third-order valence-electron chi connectivity index (χ3n) is 3.17. The Bertz CT molecular complexity index is 324. The number of aryl methyl sites for hydroxylation is 2. The van der Waals surface area contributed by atoms with Crippen LogP contribution < -0.4 is 5.73 Å². The van der Waals surface area contributed by atoms with Gasteiger partial charge in [0.1, 0.15) is 0 Å². The highest BCUT2D eigenvalue weighted by molar-refractivity contribution is 5.12. The predicted molar refractivity (Wildman–Crippen MR) is 63.8 cm³/mol. The summed E-state index contributed by atoms with van der Waals surface area (Å²) in [5, 5.41) is 4.43. The van der Waals surface area contributed by atoms with Crippen LogP contribution >= 0.6 is 0 Å². The average molecular weight is 209 g/mol. The molecule has 0 aromatic carbocycles. The summed E-state index contributed by atoms with van der Waals surface area (Å²) in [7, 11) is 0. The van der Waals surface area contributed by atoms with Crippen molar-refractivity contribution in [2.24, 2.45) is 11.7 Å². The van der Waals surface area contributed by atoms with Crippen molar-refractivity contribution in [2.45, 2.75) is 53.1 Å². The van der Waals surface area contributed by atoms with Gasteiger partial charge < -0.3 is 5.73 Å². The minimum atomic E-state index is -0.153. The van der Waals surface area contributed by atoms with Crippen molar-refractivity contribution in [2.75, 3.05) is 0 Å². The highest BCUT2D eigenvalue weighted by Gasteiger charge is 2.25. The van der Waals surface area contributed by atoms with Gasteiger partial charge in [-0.15, -0.1) is 0 Å². The van der Waals surface area contributed by atoms with Crippen LogP contribution in [0.2, 0.25) is 0 Å². The van der Waals surface area contributed by atoms with Gasteiger partial charge in [0, 0.05) is 24.2 Å². The summed E-state index contributed by atoms with van der Waals surface area (Å²) in [4.78, 5) is 0. The third-order valence-corrected chi connectivity index (χ3v) is 3.17. The zero-order valence-electron chi connectivity index (χ0n) is 10.5. The Morgan fingerprint density at radius 1 is 1.53 bits per heavy atom. The zero-order chi connectivity index (χ0) is 11.6. The molecular formula is C12H23N3. The predicted octanol–water partition coefficient (Wildman–Crippen LogP) is 2.13. The van der Waals surface area contributed by atoms with E-state index in [9.17, 15) is 0 Å². The minimum Gasteiger partial charge on any atom is -0.325 e. The summed E-state index contributed by atoms with van der Waals surface area (Å²) in [5.41, 5.74) is 8.45. The molecule has 3 nitrogen and oxygen atoms in total. The highest BCUT2D eigenvalue weighted by atomic mass is 15.3. The second-order valence-electron chi connectivity index (χ2n) is 4.93. The first kappa shape index (κ1) is 12.2. The van der Waals surface area contributed by atoms with Crippen LogP contribution in [0.25, 0.3) is 0 Å².